The maximum Gasteiger partial charge on any atom is 0.102 e. The van der Waals surface area contributed by atoms with Crippen LogP contribution < -0.4 is 5.32 Å². The van der Waals surface area contributed by atoms with Gasteiger partial charge in [-0.3, -0.25) is 0 Å². The Hall–Kier alpha value is -0.110. The summed E-state index contributed by atoms with van der Waals surface area (Å²) in [6.45, 7) is 0. The average Bonchev–Trinajstić information content (AvgIpc) is 2.14. The summed E-state index contributed by atoms with van der Waals surface area (Å²) in [7, 11) is 1.89. The summed E-state index contributed by atoms with van der Waals surface area (Å²) < 4.78 is 12.3. The van der Waals surface area contributed by atoms with E-state index in [4.69, 9.17) is 0 Å². The van der Waals surface area contributed by atoms with Gasteiger partial charge >= 0.3 is 0 Å². The summed E-state index contributed by atoms with van der Waals surface area (Å²) in [5.74, 6) is 0. The molecule has 0 amide bonds. The van der Waals surface area contributed by atoms with Crippen molar-refractivity contribution in [3.63, 3.8) is 0 Å². The molecule has 1 fully saturated rings. The molecule has 0 aromatic rings. The van der Waals surface area contributed by atoms with Crippen LogP contribution >= 0.6 is 0 Å². The minimum atomic E-state index is -0.535. The zero-order valence-electron chi connectivity index (χ0n) is 5.15. The minimum Gasteiger partial charge on any atom is -0.317 e. The zero-order valence-corrected chi connectivity index (χ0v) is 5.15. The van der Waals surface area contributed by atoms with Gasteiger partial charge in [0.2, 0.25) is 0 Å². The van der Waals surface area contributed by atoms with E-state index in [0.717, 1.165) is 19.3 Å². The second-order valence-electron chi connectivity index (χ2n) is 2.40. The van der Waals surface area contributed by atoms with E-state index < -0.39 is 6.17 Å². The molecular formula is C6H12FN. The molecule has 0 aromatic heterocycles. The van der Waals surface area contributed by atoms with E-state index in [1.165, 1.54) is 0 Å². The summed E-state index contributed by atoms with van der Waals surface area (Å²) in [4.78, 5) is 0. The van der Waals surface area contributed by atoms with Gasteiger partial charge < -0.3 is 5.32 Å². The maximum absolute atomic E-state index is 12.3. The molecule has 0 spiro atoms. The van der Waals surface area contributed by atoms with Crippen LogP contribution in [-0.2, 0) is 0 Å². The van der Waals surface area contributed by atoms with Crippen LogP contribution in [0.15, 0.2) is 0 Å². The standard InChI is InChI=1S/C6H12FN/c1-8-6-3-2-5(7)4-6/h5-6,8H,2-4H2,1H3. The van der Waals surface area contributed by atoms with Crippen molar-refractivity contribution in [1.82, 2.24) is 5.32 Å². The second-order valence-corrected chi connectivity index (χ2v) is 2.40. The molecule has 1 rings (SSSR count). The Kier molecular flexibility index (Phi) is 1.84. The first kappa shape index (κ1) is 6.02. The number of rotatable bonds is 1. The fourth-order valence-corrected chi connectivity index (χ4v) is 1.19. The Labute approximate surface area is 49.3 Å². The van der Waals surface area contributed by atoms with Gasteiger partial charge in [-0.25, -0.2) is 4.39 Å². The Balaban J connectivity index is 2.22. The third-order valence-corrected chi connectivity index (χ3v) is 1.78. The summed E-state index contributed by atoms with van der Waals surface area (Å²) in [6, 6.07) is 0.449. The molecule has 1 aliphatic carbocycles. The third kappa shape index (κ3) is 1.19. The fraction of sp³-hybridized carbons (Fsp3) is 1.00. The topological polar surface area (TPSA) is 12.0 Å². The van der Waals surface area contributed by atoms with Crippen LogP contribution in [0, 0.1) is 0 Å². The SMILES string of the molecule is CNC1CCC(F)C1. The molecular weight excluding hydrogens is 105 g/mol. The van der Waals surface area contributed by atoms with Gasteiger partial charge in [0, 0.05) is 6.04 Å². The fourth-order valence-electron chi connectivity index (χ4n) is 1.19. The van der Waals surface area contributed by atoms with Gasteiger partial charge in [0.1, 0.15) is 6.17 Å². The van der Waals surface area contributed by atoms with E-state index in [9.17, 15) is 4.39 Å². The first-order valence-electron chi connectivity index (χ1n) is 3.14. The molecule has 48 valence electrons. The van der Waals surface area contributed by atoms with Gasteiger partial charge in [-0.2, -0.15) is 0 Å². The third-order valence-electron chi connectivity index (χ3n) is 1.78. The van der Waals surface area contributed by atoms with Crippen molar-refractivity contribution >= 4 is 0 Å². The smallest absolute Gasteiger partial charge is 0.102 e. The van der Waals surface area contributed by atoms with Gasteiger partial charge in [-0.15, -0.1) is 0 Å². The van der Waals surface area contributed by atoms with E-state index in [1.807, 2.05) is 7.05 Å². The van der Waals surface area contributed by atoms with E-state index >= 15 is 0 Å². The van der Waals surface area contributed by atoms with Gasteiger partial charge in [0.05, 0.1) is 0 Å². The predicted octanol–water partition coefficient (Wildman–Crippen LogP) is 1.10. The Bertz CT molecular complexity index is 74.9. The van der Waals surface area contributed by atoms with Crippen molar-refractivity contribution in [2.24, 2.45) is 0 Å². The lowest BCUT2D eigenvalue weighted by atomic mass is 10.3. The molecule has 1 aliphatic rings. The van der Waals surface area contributed by atoms with Crippen LogP contribution in [0.2, 0.25) is 0 Å². The zero-order chi connectivity index (χ0) is 5.98. The summed E-state index contributed by atoms with van der Waals surface area (Å²) in [5, 5.41) is 3.05. The van der Waals surface area contributed by atoms with E-state index in [1.54, 1.807) is 0 Å². The predicted molar refractivity (Wildman–Crippen MR) is 31.6 cm³/mol. The van der Waals surface area contributed by atoms with Crippen molar-refractivity contribution in [1.29, 1.82) is 0 Å². The highest BCUT2D eigenvalue weighted by atomic mass is 19.1. The molecule has 0 radical (unpaired) electrons. The van der Waals surface area contributed by atoms with Crippen molar-refractivity contribution < 1.29 is 4.39 Å². The number of hydrogen-bond acceptors (Lipinski definition) is 1. The minimum absolute atomic E-state index is 0.449. The van der Waals surface area contributed by atoms with Gasteiger partial charge in [-0.05, 0) is 26.3 Å². The monoisotopic (exact) mass is 117 g/mol. The highest BCUT2D eigenvalue weighted by Gasteiger charge is 2.21. The van der Waals surface area contributed by atoms with Crippen LogP contribution in [0.3, 0.4) is 0 Å². The molecule has 1 saturated carbocycles. The largest absolute Gasteiger partial charge is 0.317 e. The quantitative estimate of drug-likeness (QED) is 0.542. The second kappa shape index (κ2) is 2.44. The van der Waals surface area contributed by atoms with Crippen LogP contribution in [-0.4, -0.2) is 19.3 Å². The Morgan fingerprint density at radius 2 is 2.25 bits per heavy atom. The van der Waals surface area contributed by atoms with Crippen molar-refractivity contribution in [3.05, 3.63) is 0 Å². The van der Waals surface area contributed by atoms with Crippen LogP contribution in [0.1, 0.15) is 19.3 Å². The molecule has 0 saturated heterocycles. The van der Waals surface area contributed by atoms with Crippen LogP contribution in [0.25, 0.3) is 0 Å². The normalized spacial score (nSPS) is 38.2. The van der Waals surface area contributed by atoms with Crippen molar-refractivity contribution in [3.8, 4) is 0 Å². The van der Waals surface area contributed by atoms with Gasteiger partial charge in [0.25, 0.3) is 0 Å². The number of halogens is 1. The van der Waals surface area contributed by atoms with Gasteiger partial charge in [-0.1, -0.05) is 0 Å². The van der Waals surface area contributed by atoms with Crippen molar-refractivity contribution in [2.45, 2.75) is 31.5 Å². The lowest BCUT2D eigenvalue weighted by molar-refractivity contribution is 0.336. The molecule has 2 unspecified atom stereocenters. The molecule has 0 heterocycles. The molecule has 2 heteroatoms. The molecule has 1 N–H and O–H groups in total. The summed E-state index contributed by atoms with van der Waals surface area (Å²) in [6.07, 6.45) is 1.95. The highest BCUT2D eigenvalue weighted by Crippen LogP contribution is 2.20. The average molecular weight is 117 g/mol. The van der Waals surface area contributed by atoms with Crippen LogP contribution in [0.5, 0.6) is 0 Å². The maximum atomic E-state index is 12.3. The Morgan fingerprint density at radius 1 is 1.50 bits per heavy atom. The summed E-state index contributed by atoms with van der Waals surface area (Å²) >= 11 is 0. The molecule has 0 aliphatic heterocycles. The lowest BCUT2D eigenvalue weighted by Gasteiger charge is -2.03. The first-order valence-corrected chi connectivity index (χ1v) is 3.14. The highest BCUT2D eigenvalue weighted by molar-refractivity contribution is 4.78. The first-order chi connectivity index (χ1) is 3.83. The molecule has 2 atom stereocenters. The van der Waals surface area contributed by atoms with E-state index in [0.29, 0.717) is 6.04 Å². The number of nitrogens with one attached hydrogen (secondary N) is 1. The summed E-state index contributed by atoms with van der Waals surface area (Å²) in [5.41, 5.74) is 0. The van der Waals surface area contributed by atoms with Crippen molar-refractivity contribution in [2.75, 3.05) is 7.05 Å². The molecule has 8 heavy (non-hydrogen) atoms. The number of alkyl halides is 1. The van der Waals surface area contributed by atoms with E-state index in [2.05, 4.69) is 5.32 Å². The molecule has 0 aromatic carbocycles. The number of hydrogen-bond donors (Lipinski definition) is 1. The van der Waals surface area contributed by atoms with Gasteiger partial charge in [0.15, 0.2) is 0 Å². The Morgan fingerprint density at radius 3 is 2.50 bits per heavy atom. The van der Waals surface area contributed by atoms with E-state index in [-0.39, 0.29) is 0 Å². The lowest BCUT2D eigenvalue weighted by Crippen LogP contribution is -2.21. The molecule has 1 nitrogen and oxygen atoms in total. The molecule has 0 bridgehead atoms. The van der Waals surface area contributed by atoms with Crippen LogP contribution in [0.4, 0.5) is 4.39 Å².